The number of anilines is 2. The maximum atomic E-state index is 12.6. The Morgan fingerprint density at radius 3 is 2.33 bits per heavy atom. The molecule has 2 heterocycles. The van der Waals surface area contributed by atoms with Crippen LogP contribution in [0.2, 0.25) is 0 Å². The van der Waals surface area contributed by atoms with E-state index in [4.69, 9.17) is 0 Å². The van der Waals surface area contributed by atoms with Crippen molar-refractivity contribution >= 4 is 22.7 Å². The molecule has 24 heavy (non-hydrogen) atoms. The van der Waals surface area contributed by atoms with Crippen molar-refractivity contribution in [3.63, 3.8) is 0 Å². The molecule has 4 aromatic rings. The highest BCUT2D eigenvalue weighted by molar-refractivity contribution is 5.92. The lowest BCUT2D eigenvalue weighted by Gasteiger charge is -2.08. The van der Waals surface area contributed by atoms with Gasteiger partial charge in [-0.05, 0) is 29.3 Å². The molecule has 0 fully saturated rings. The van der Waals surface area contributed by atoms with Crippen molar-refractivity contribution < 1.29 is 0 Å². The SMILES string of the molecule is O=c1[nH]c(Nc2ccccc2)nc2nccc(-c3ccccc3)c12. The molecule has 116 valence electrons. The fraction of sp³-hybridized carbons (Fsp3) is 0. The largest absolute Gasteiger partial charge is 0.326 e. The van der Waals surface area contributed by atoms with E-state index in [1.165, 1.54) is 0 Å². The fourth-order valence-corrected chi connectivity index (χ4v) is 2.64. The van der Waals surface area contributed by atoms with Crippen LogP contribution >= 0.6 is 0 Å². The third-order valence-electron chi connectivity index (χ3n) is 3.73. The second-order valence-electron chi connectivity index (χ2n) is 5.33. The zero-order valence-corrected chi connectivity index (χ0v) is 12.7. The van der Waals surface area contributed by atoms with Gasteiger partial charge in [0.1, 0.15) is 0 Å². The summed E-state index contributed by atoms with van der Waals surface area (Å²) in [6.45, 7) is 0. The molecule has 5 heteroatoms. The summed E-state index contributed by atoms with van der Waals surface area (Å²) in [5, 5.41) is 3.58. The van der Waals surface area contributed by atoms with Crippen LogP contribution in [0.4, 0.5) is 11.6 Å². The molecule has 2 N–H and O–H groups in total. The van der Waals surface area contributed by atoms with E-state index in [9.17, 15) is 4.79 Å². The highest BCUT2D eigenvalue weighted by Crippen LogP contribution is 2.24. The number of aromatic amines is 1. The Kier molecular flexibility index (Phi) is 3.51. The molecule has 0 aliphatic carbocycles. The van der Waals surface area contributed by atoms with Crippen LogP contribution in [0.5, 0.6) is 0 Å². The van der Waals surface area contributed by atoms with Gasteiger partial charge in [0, 0.05) is 11.9 Å². The van der Waals surface area contributed by atoms with Crippen molar-refractivity contribution in [3.8, 4) is 11.1 Å². The standard InChI is InChI=1S/C19H14N4O/c24-18-16-15(13-7-3-1-4-8-13)11-12-20-17(16)22-19(23-18)21-14-9-5-2-6-10-14/h1-12H,(H2,20,21,22,23,24). The van der Waals surface area contributed by atoms with Gasteiger partial charge in [0.2, 0.25) is 5.95 Å². The van der Waals surface area contributed by atoms with Gasteiger partial charge in [-0.2, -0.15) is 4.98 Å². The Hall–Kier alpha value is -3.47. The zero-order valence-electron chi connectivity index (χ0n) is 12.7. The van der Waals surface area contributed by atoms with Gasteiger partial charge < -0.3 is 5.32 Å². The fourth-order valence-electron chi connectivity index (χ4n) is 2.64. The predicted molar refractivity (Wildman–Crippen MR) is 95.3 cm³/mol. The first kappa shape index (κ1) is 14.1. The summed E-state index contributed by atoms with van der Waals surface area (Å²) in [6.07, 6.45) is 1.67. The average molecular weight is 314 g/mol. The monoisotopic (exact) mass is 314 g/mol. The van der Waals surface area contributed by atoms with Gasteiger partial charge in [0.15, 0.2) is 5.65 Å². The van der Waals surface area contributed by atoms with E-state index in [2.05, 4.69) is 20.3 Å². The van der Waals surface area contributed by atoms with Crippen LogP contribution in [-0.4, -0.2) is 15.0 Å². The van der Waals surface area contributed by atoms with Crippen LogP contribution in [0.15, 0.2) is 77.7 Å². The summed E-state index contributed by atoms with van der Waals surface area (Å²) in [5.41, 5.74) is 2.82. The minimum Gasteiger partial charge on any atom is -0.326 e. The van der Waals surface area contributed by atoms with E-state index >= 15 is 0 Å². The first-order valence-corrected chi connectivity index (χ1v) is 7.58. The number of aromatic nitrogens is 3. The molecule has 0 saturated carbocycles. The van der Waals surface area contributed by atoms with Crippen LogP contribution in [0, 0.1) is 0 Å². The molecule has 2 aromatic heterocycles. The number of H-pyrrole nitrogens is 1. The Bertz CT molecular complexity index is 1040. The summed E-state index contributed by atoms with van der Waals surface area (Å²) >= 11 is 0. The Labute approximate surface area is 138 Å². The molecule has 0 atom stereocenters. The lowest BCUT2D eigenvalue weighted by molar-refractivity contribution is 1.14. The number of fused-ring (bicyclic) bond motifs is 1. The Morgan fingerprint density at radius 1 is 0.875 bits per heavy atom. The number of nitrogens with zero attached hydrogens (tertiary/aromatic N) is 2. The lowest BCUT2D eigenvalue weighted by Crippen LogP contribution is -2.13. The third kappa shape index (κ3) is 2.63. The lowest BCUT2D eigenvalue weighted by atomic mass is 10.0. The van der Waals surface area contributed by atoms with Gasteiger partial charge >= 0.3 is 0 Å². The summed E-state index contributed by atoms with van der Waals surface area (Å²) in [6, 6.07) is 21.1. The summed E-state index contributed by atoms with van der Waals surface area (Å²) in [7, 11) is 0. The maximum Gasteiger partial charge on any atom is 0.262 e. The van der Waals surface area contributed by atoms with E-state index in [0.29, 0.717) is 17.0 Å². The molecular weight excluding hydrogens is 300 g/mol. The minimum absolute atomic E-state index is 0.217. The predicted octanol–water partition coefficient (Wildman–Crippen LogP) is 3.73. The van der Waals surface area contributed by atoms with Crippen LogP contribution < -0.4 is 10.9 Å². The number of benzene rings is 2. The highest BCUT2D eigenvalue weighted by Gasteiger charge is 2.11. The van der Waals surface area contributed by atoms with Crippen LogP contribution in [0.1, 0.15) is 0 Å². The van der Waals surface area contributed by atoms with E-state index < -0.39 is 0 Å². The number of pyridine rings is 1. The van der Waals surface area contributed by atoms with Crippen LogP contribution in [0.3, 0.4) is 0 Å². The maximum absolute atomic E-state index is 12.6. The molecule has 0 spiro atoms. The van der Waals surface area contributed by atoms with Gasteiger partial charge in [-0.3, -0.25) is 9.78 Å². The first-order valence-electron chi connectivity index (χ1n) is 7.58. The quantitative estimate of drug-likeness (QED) is 0.604. The number of para-hydroxylation sites is 1. The Morgan fingerprint density at radius 2 is 1.58 bits per heavy atom. The smallest absolute Gasteiger partial charge is 0.262 e. The van der Waals surface area contributed by atoms with Crippen molar-refractivity contribution in [1.29, 1.82) is 0 Å². The molecule has 0 saturated heterocycles. The molecular formula is C19H14N4O. The van der Waals surface area contributed by atoms with E-state index in [1.54, 1.807) is 6.20 Å². The molecule has 0 aliphatic heterocycles. The molecule has 0 bridgehead atoms. The molecule has 0 amide bonds. The normalized spacial score (nSPS) is 10.7. The average Bonchev–Trinajstić information content (AvgIpc) is 2.63. The number of rotatable bonds is 3. The Balaban J connectivity index is 1.85. The van der Waals surface area contributed by atoms with E-state index in [0.717, 1.165) is 16.8 Å². The number of nitrogens with one attached hydrogen (secondary N) is 2. The summed E-state index contributed by atoms with van der Waals surface area (Å²) < 4.78 is 0. The topological polar surface area (TPSA) is 70.7 Å². The molecule has 2 aromatic carbocycles. The zero-order chi connectivity index (χ0) is 16.4. The van der Waals surface area contributed by atoms with Gasteiger partial charge in [0.05, 0.1) is 5.39 Å². The third-order valence-corrected chi connectivity index (χ3v) is 3.73. The van der Waals surface area contributed by atoms with Crippen molar-refractivity contribution in [2.45, 2.75) is 0 Å². The highest BCUT2D eigenvalue weighted by atomic mass is 16.1. The van der Waals surface area contributed by atoms with Gasteiger partial charge in [0.25, 0.3) is 5.56 Å². The molecule has 4 rings (SSSR count). The van der Waals surface area contributed by atoms with Gasteiger partial charge in [-0.15, -0.1) is 0 Å². The van der Waals surface area contributed by atoms with Crippen molar-refractivity contribution in [2.24, 2.45) is 0 Å². The summed E-state index contributed by atoms with van der Waals surface area (Å²) in [4.78, 5) is 24.1. The van der Waals surface area contributed by atoms with Crippen LogP contribution in [0.25, 0.3) is 22.2 Å². The van der Waals surface area contributed by atoms with Crippen molar-refractivity contribution in [1.82, 2.24) is 15.0 Å². The van der Waals surface area contributed by atoms with Gasteiger partial charge in [-0.1, -0.05) is 48.5 Å². The minimum atomic E-state index is -0.217. The second-order valence-corrected chi connectivity index (χ2v) is 5.33. The molecule has 5 nitrogen and oxygen atoms in total. The van der Waals surface area contributed by atoms with Gasteiger partial charge in [-0.25, -0.2) is 4.98 Å². The second kappa shape index (κ2) is 5.96. The summed E-state index contributed by atoms with van der Waals surface area (Å²) in [5.74, 6) is 0.372. The van der Waals surface area contributed by atoms with E-state index in [-0.39, 0.29) is 5.56 Å². The number of hydrogen-bond acceptors (Lipinski definition) is 4. The van der Waals surface area contributed by atoms with Crippen LogP contribution in [-0.2, 0) is 0 Å². The number of hydrogen-bond donors (Lipinski definition) is 2. The first-order chi connectivity index (χ1) is 11.8. The molecule has 0 unspecified atom stereocenters. The molecule has 0 aliphatic rings. The van der Waals surface area contributed by atoms with Crippen molar-refractivity contribution in [3.05, 3.63) is 83.3 Å². The van der Waals surface area contributed by atoms with E-state index in [1.807, 2.05) is 66.7 Å². The molecule has 0 radical (unpaired) electrons. The van der Waals surface area contributed by atoms with Crippen molar-refractivity contribution in [2.75, 3.05) is 5.32 Å².